The van der Waals surface area contributed by atoms with E-state index in [1.165, 1.54) is 22.9 Å². The lowest BCUT2D eigenvalue weighted by Crippen LogP contribution is -2.36. The average Bonchev–Trinajstić information content (AvgIpc) is 2.47. The van der Waals surface area contributed by atoms with Crippen LogP contribution in [0.5, 0.6) is 0 Å². The summed E-state index contributed by atoms with van der Waals surface area (Å²) in [6.45, 7) is 9.34. The van der Waals surface area contributed by atoms with Crippen LogP contribution in [0.15, 0.2) is 23.1 Å². The van der Waals surface area contributed by atoms with Gasteiger partial charge in [-0.05, 0) is 31.2 Å². The third-order valence-electron chi connectivity index (χ3n) is 3.43. The molecule has 0 fully saturated rings. The maximum Gasteiger partial charge on any atom is 0.313 e. The summed E-state index contributed by atoms with van der Waals surface area (Å²) in [7, 11) is 0. The Morgan fingerprint density at radius 2 is 1.83 bits per heavy atom. The van der Waals surface area contributed by atoms with Crippen molar-refractivity contribution >= 4 is 17.5 Å². The fourth-order valence-electron chi connectivity index (χ4n) is 2.10. The van der Waals surface area contributed by atoms with Crippen molar-refractivity contribution in [1.29, 1.82) is 0 Å². The van der Waals surface area contributed by atoms with Gasteiger partial charge in [-0.3, -0.25) is 14.4 Å². The molecule has 0 unspecified atom stereocenters. The minimum Gasteiger partial charge on any atom is -0.348 e. The molecule has 0 saturated heterocycles. The molecule has 2 amide bonds. The van der Waals surface area contributed by atoms with Crippen molar-refractivity contribution in [1.82, 2.24) is 9.88 Å². The van der Waals surface area contributed by atoms with Crippen molar-refractivity contribution in [2.45, 2.75) is 53.5 Å². The maximum atomic E-state index is 11.8. The number of anilines is 1. The third kappa shape index (κ3) is 7.13. The summed E-state index contributed by atoms with van der Waals surface area (Å²) >= 11 is 0. The number of aromatic nitrogens is 1. The quantitative estimate of drug-likeness (QED) is 0.622. The van der Waals surface area contributed by atoms with Crippen LogP contribution in [0.1, 0.15) is 47.0 Å². The Labute approximate surface area is 137 Å². The Kier molecular flexibility index (Phi) is 7.00. The summed E-state index contributed by atoms with van der Waals surface area (Å²) in [5.74, 6) is -1.38. The molecule has 0 atom stereocenters. The Morgan fingerprint density at radius 3 is 2.43 bits per heavy atom. The minimum absolute atomic E-state index is 0.145. The van der Waals surface area contributed by atoms with Gasteiger partial charge in [-0.2, -0.15) is 0 Å². The van der Waals surface area contributed by atoms with Gasteiger partial charge in [0, 0.05) is 25.4 Å². The molecule has 23 heavy (non-hydrogen) atoms. The molecular formula is C17H27N3O3. The summed E-state index contributed by atoms with van der Waals surface area (Å²) in [6, 6.07) is 2.85. The predicted molar refractivity (Wildman–Crippen MR) is 91.3 cm³/mol. The van der Waals surface area contributed by atoms with Gasteiger partial charge in [0.1, 0.15) is 0 Å². The van der Waals surface area contributed by atoms with Gasteiger partial charge in [0.2, 0.25) is 0 Å². The van der Waals surface area contributed by atoms with Gasteiger partial charge in [-0.15, -0.1) is 0 Å². The lowest BCUT2D eigenvalue weighted by Gasteiger charge is -2.17. The lowest BCUT2D eigenvalue weighted by atomic mass is 9.90. The molecule has 0 spiro atoms. The molecule has 6 heteroatoms. The first-order valence-corrected chi connectivity index (χ1v) is 8.02. The predicted octanol–water partition coefficient (Wildman–Crippen LogP) is 2.14. The van der Waals surface area contributed by atoms with Crippen molar-refractivity contribution in [2.75, 3.05) is 11.9 Å². The highest BCUT2D eigenvalue weighted by Gasteiger charge is 2.14. The first-order chi connectivity index (χ1) is 10.7. The van der Waals surface area contributed by atoms with E-state index >= 15 is 0 Å². The van der Waals surface area contributed by atoms with Gasteiger partial charge in [-0.25, -0.2) is 0 Å². The molecule has 128 valence electrons. The van der Waals surface area contributed by atoms with Crippen LogP contribution in [-0.4, -0.2) is 22.9 Å². The van der Waals surface area contributed by atoms with Crippen molar-refractivity contribution in [3.05, 3.63) is 28.7 Å². The zero-order valence-corrected chi connectivity index (χ0v) is 14.4. The van der Waals surface area contributed by atoms with E-state index in [9.17, 15) is 14.4 Å². The standard InChI is InChI=1S/C17H27N3O3/c1-5-20-12-13(8-9-14(20)21)19-16(23)15(22)18-11-7-6-10-17(2,3)4/h8-9,12H,5-7,10-11H2,1-4H3,(H,18,22)(H,19,23). The number of rotatable bonds is 6. The van der Waals surface area contributed by atoms with Gasteiger partial charge in [0.25, 0.3) is 5.56 Å². The first kappa shape index (κ1) is 18.9. The zero-order chi connectivity index (χ0) is 17.5. The van der Waals surface area contributed by atoms with Crippen molar-refractivity contribution in [3.8, 4) is 0 Å². The highest BCUT2D eigenvalue weighted by Crippen LogP contribution is 2.21. The van der Waals surface area contributed by atoms with E-state index in [1.807, 2.05) is 6.92 Å². The number of hydrogen-bond donors (Lipinski definition) is 2. The second-order valence-corrected chi connectivity index (χ2v) is 6.77. The van der Waals surface area contributed by atoms with Crippen LogP contribution in [-0.2, 0) is 16.1 Å². The van der Waals surface area contributed by atoms with E-state index in [0.29, 0.717) is 18.8 Å². The SMILES string of the molecule is CCn1cc(NC(=O)C(=O)NCCCCC(C)(C)C)ccc1=O. The van der Waals surface area contributed by atoms with Crippen molar-refractivity contribution in [3.63, 3.8) is 0 Å². The van der Waals surface area contributed by atoms with Crippen LogP contribution >= 0.6 is 0 Å². The van der Waals surface area contributed by atoms with Crippen LogP contribution < -0.4 is 16.2 Å². The Hall–Kier alpha value is -2.11. The fourth-order valence-corrected chi connectivity index (χ4v) is 2.10. The summed E-state index contributed by atoms with van der Waals surface area (Å²) in [4.78, 5) is 35.0. The Bertz CT molecular complexity index is 600. The summed E-state index contributed by atoms with van der Waals surface area (Å²) < 4.78 is 1.46. The van der Waals surface area contributed by atoms with Crippen LogP contribution in [0.2, 0.25) is 0 Å². The van der Waals surface area contributed by atoms with E-state index < -0.39 is 11.8 Å². The Balaban J connectivity index is 2.40. The average molecular weight is 321 g/mol. The highest BCUT2D eigenvalue weighted by molar-refractivity contribution is 6.39. The van der Waals surface area contributed by atoms with E-state index in [1.54, 1.807) is 0 Å². The molecule has 0 bridgehead atoms. The van der Waals surface area contributed by atoms with E-state index in [-0.39, 0.29) is 11.0 Å². The second-order valence-electron chi connectivity index (χ2n) is 6.77. The second kappa shape index (κ2) is 8.50. The van der Waals surface area contributed by atoms with Gasteiger partial charge in [-0.1, -0.05) is 27.2 Å². The topological polar surface area (TPSA) is 80.2 Å². The normalized spacial score (nSPS) is 11.1. The first-order valence-electron chi connectivity index (χ1n) is 8.02. The van der Waals surface area contributed by atoms with E-state index in [4.69, 9.17) is 0 Å². The van der Waals surface area contributed by atoms with Gasteiger partial charge in [0.15, 0.2) is 0 Å². The molecule has 6 nitrogen and oxygen atoms in total. The Morgan fingerprint density at radius 1 is 1.13 bits per heavy atom. The highest BCUT2D eigenvalue weighted by atomic mass is 16.2. The zero-order valence-electron chi connectivity index (χ0n) is 14.4. The number of aryl methyl sites for hydroxylation is 1. The number of carbonyl (C=O) groups is 2. The number of unbranched alkanes of at least 4 members (excludes halogenated alkanes) is 1. The molecule has 0 saturated carbocycles. The molecule has 0 radical (unpaired) electrons. The van der Waals surface area contributed by atoms with Crippen LogP contribution in [0.25, 0.3) is 0 Å². The molecule has 1 rings (SSSR count). The van der Waals surface area contributed by atoms with Crippen LogP contribution in [0.3, 0.4) is 0 Å². The molecule has 2 N–H and O–H groups in total. The molecule has 1 heterocycles. The number of nitrogens with zero attached hydrogens (tertiary/aromatic N) is 1. The molecule has 0 aliphatic heterocycles. The monoisotopic (exact) mass is 321 g/mol. The largest absolute Gasteiger partial charge is 0.348 e. The van der Waals surface area contributed by atoms with Gasteiger partial charge < -0.3 is 15.2 Å². The van der Waals surface area contributed by atoms with Gasteiger partial charge >= 0.3 is 11.8 Å². The van der Waals surface area contributed by atoms with Crippen molar-refractivity contribution < 1.29 is 9.59 Å². The number of hydrogen-bond acceptors (Lipinski definition) is 3. The van der Waals surface area contributed by atoms with Crippen LogP contribution in [0.4, 0.5) is 5.69 Å². The molecule has 0 aliphatic rings. The number of amides is 2. The molecular weight excluding hydrogens is 294 g/mol. The number of pyridine rings is 1. The molecule has 1 aromatic rings. The van der Waals surface area contributed by atoms with Crippen molar-refractivity contribution in [2.24, 2.45) is 5.41 Å². The lowest BCUT2D eigenvalue weighted by molar-refractivity contribution is -0.136. The smallest absolute Gasteiger partial charge is 0.313 e. The summed E-state index contributed by atoms with van der Waals surface area (Å²) in [5, 5.41) is 5.11. The number of nitrogens with one attached hydrogen (secondary N) is 2. The maximum absolute atomic E-state index is 11.8. The van der Waals surface area contributed by atoms with Gasteiger partial charge in [0.05, 0.1) is 5.69 Å². The molecule has 1 aromatic heterocycles. The minimum atomic E-state index is -0.720. The van der Waals surface area contributed by atoms with E-state index in [0.717, 1.165) is 19.3 Å². The fraction of sp³-hybridized carbons (Fsp3) is 0.588. The molecule has 0 aliphatic carbocycles. The summed E-state index contributed by atoms with van der Waals surface area (Å²) in [6.07, 6.45) is 4.45. The van der Waals surface area contributed by atoms with Crippen LogP contribution in [0, 0.1) is 5.41 Å². The molecule has 0 aromatic carbocycles. The number of carbonyl (C=O) groups excluding carboxylic acids is 2. The summed E-state index contributed by atoms with van der Waals surface area (Å²) in [5.41, 5.74) is 0.567. The van der Waals surface area contributed by atoms with E-state index in [2.05, 4.69) is 31.4 Å². The third-order valence-corrected chi connectivity index (χ3v) is 3.43.